The van der Waals surface area contributed by atoms with E-state index in [1.807, 2.05) is 36.4 Å². The summed E-state index contributed by atoms with van der Waals surface area (Å²) in [6.45, 7) is 0.804. The zero-order valence-electron chi connectivity index (χ0n) is 25.3. The number of anilines is 3. The van der Waals surface area contributed by atoms with Crippen LogP contribution in [0.4, 0.5) is 17.1 Å². The summed E-state index contributed by atoms with van der Waals surface area (Å²) in [5, 5.41) is 12.5. The number of para-hydroxylation sites is 3. The predicted molar refractivity (Wildman–Crippen MR) is 188 cm³/mol. The fraction of sp³-hybridized carbons (Fsp3) is 0.0500. The molecule has 0 bridgehead atoms. The molecule has 220 valence electrons. The van der Waals surface area contributed by atoms with Crippen LogP contribution in [0.2, 0.25) is 0 Å². The molecule has 1 aliphatic rings. The number of fused-ring (bicyclic) bond motifs is 4. The lowest BCUT2D eigenvalue weighted by Gasteiger charge is -2.21. The van der Waals surface area contributed by atoms with E-state index in [0.717, 1.165) is 57.3 Å². The van der Waals surface area contributed by atoms with Crippen molar-refractivity contribution in [2.45, 2.75) is 0 Å². The molecule has 0 spiro atoms. The Morgan fingerprint density at radius 3 is 1.83 bits per heavy atom. The van der Waals surface area contributed by atoms with Gasteiger partial charge in [-0.15, -0.1) is 10.2 Å². The molecule has 9 rings (SSSR count). The van der Waals surface area contributed by atoms with Crippen molar-refractivity contribution in [3.05, 3.63) is 152 Å². The molecule has 0 fully saturated rings. The first-order valence-corrected chi connectivity index (χ1v) is 15.5. The maximum atomic E-state index is 5.07. The average molecular weight is 595 g/mol. The van der Waals surface area contributed by atoms with Crippen LogP contribution < -0.4 is 9.80 Å². The molecule has 1 aliphatic heterocycles. The second kappa shape index (κ2) is 10.5. The number of rotatable bonds is 5. The lowest BCUT2D eigenvalue weighted by Crippen LogP contribution is -2.24. The molecule has 3 heterocycles. The minimum atomic E-state index is 0.804. The highest BCUT2D eigenvalue weighted by Crippen LogP contribution is 2.41. The largest absolute Gasteiger partial charge is 0.355 e. The molecule has 0 atom stereocenters. The number of hydrogen-bond donors (Lipinski definition) is 0. The van der Waals surface area contributed by atoms with Gasteiger partial charge in [-0.05, 0) is 54.6 Å². The van der Waals surface area contributed by atoms with Crippen molar-refractivity contribution in [3.63, 3.8) is 0 Å². The van der Waals surface area contributed by atoms with Gasteiger partial charge in [0.05, 0.1) is 34.8 Å². The molecule has 0 N–H and O–H groups in total. The maximum absolute atomic E-state index is 5.07. The Bertz CT molecular complexity index is 2310. The van der Waals surface area contributed by atoms with Crippen LogP contribution in [0, 0.1) is 0 Å². The van der Waals surface area contributed by atoms with E-state index in [1.54, 1.807) is 4.80 Å². The van der Waals surface area contributed by atoms with Crippen LogP contribution in [0.3, 0.4) is 0 Å². The molecule has 0 amide bonds. The van der Waals surface area contributed by atoms with Gasteiger partial charge in [0.25, 0.3) is 0 Å². The highest BCUT2D eigenvalue weighted by atomic mass is 15.5. The first kappa shape index (κ1) is 26.3. The fourth-order valence-corrected chi connectivity index (χ4v) is 6.76. The fourth-order valence-electron chi connectivity index (χ4n) is 6.76. The van der Waals surface area contributed by atoms with Gasteiger partial charge in [-0.3, -0.25) is 0 Å². The molecule has 0 saturated heterocycles. The summed E-state index contributed by atoms with van der Waals surface area (Å²) in [6.07, 6.45) is 0. The Hall–Kier alpha value is -6.14. The first-order chi connectivity index (χ1) is 22.7. The van der Waals surface area contributed by atoms with Gasteiger partial charge in [-0.2, -0.15) is 4.80 Å². The second-order valence-corrected chi connectivity index (χ2v) is 11.7. The molecule has 0 saturated carbocycles. The Morgan fingerprint density at radius 1 is 0.478 bits per heavy atom. The van der Waals surface area contributed by atoms with E-state index in [9.17, 15) is 0 Å². The summed E-state index contributed by atoms with van der Waals surface area (Å²) in [6, 6.07) is 53.2. The molecular formula is C40H30N6. The van der Waals surface area contributed by atoms with Gasteiger partial charge >= 0.3 is 0 Å². The van der Waals surface area contributed by atoms with Crippen molar-refractivity contribution in [2.24, 2.45) is 0 Å². The van der Waals surface area contributed by atoms with Crippen LogP contribution in [0.15, 0.2) is 152 Å². The van der Waals surface area contributed by atoms with E-state index in [4.69, 9.17) is 10.2 Å². The highest BCUT2D eigenvalue weighted by Gasteiger charge is 2.24. The minimum absolute atomic E-state index is 0.804. The number of hydrogen-bond acceptors (Lipinski definition) is 4. The van der Waals surface area contributed by atoms with E-state index < -0.39 is 0 Å². The Morgan fingerprint density at radius 2 is 1.09 bits per heavy atom. The van der Waals surface area contributed by atoms with Crippen LogP contribution in [0.5, 0.6) is 0 Å². The van der Waals surface area contributed by atoms with E-state index in [2.05, 4.69) is 137 Å². The molecular weight excluding hydrogens is 564 g/mol. The zero-order chi connectivity index (χ0) is 30.6. The van der Waals surface area contributed by atoms with Gasteiger partial charge < -0.3 is 14.4 Å². The van der Waals surface area contributed by atoms with Crippen molar-refractivity contribution in [2.75, 3.05) is 23.5 Å². The van der Waals surface area contributed by atoms with Crippen molar-refractivity contribution in [1.29, 1.82) is 0 Å². The number of benzene rings is 6. The van der Waals surface area contributed by atoms with Crippen LogP contribution in [-0.4, -0.2) is 33.3 Å². The third-order valence-corrected chi connectivity index (χ3v) is 8.93. The molecule has 0 aliphatic carbocycles. The van der Waals surface area contributed by atoms with Crippen LogP contribution in [0.1, 0.15) is 0 Å². The van der Waals surface area contributed by atoms with E-state index >= 15 is 0 Å². The third-order valence-electron chi connectivity index (χ3n) is 8.93. The zero-order valence-corrected chi connectivity index (χ0v) is 25.3. The Labute approximate surface area is 267 Å². The lowest BCUT2D eigenvalue weighted by molar-refractivity contribution is 0.756. The second-order valence-electron chi connectivity index (χ2n) is 11.7. The van der Waals surface area contributed by atoms with Gasteiger partial charge in [0.1, 0.15) is 11.4 Å². The summed E-state index contributed by atoms with van der Waals surface area (Å²) in [7, 11) is 2.15. The minimum Gasteiger partial charge on any atom is -0.355 e. The monoisotopic (exact) mass is 594 g/mol. The molecule has 2 aromatic heterocycles. The summed E-state index contributed by atoms with van der Waals surface area (Å²) < 4.78 is 2.36. The van der Waals surface area contributed by atoms with E-state index in [0.29, 0.717) is 0 Å². The summed E-state index contributed by atoms with van der Waals surface area (Å²) in [5.74, 6) is 0. The molecule has 0 radical (unpaired) electrons. The highest BCUT2D eigenvalue weighted by molar-refractivity contribution is 6.09. The van der Waals surface area contributed by atoms with E-state index in [1.165, 1.54) is 22.1 Å². The smallest absolute Gasteiger partial charge is 0.121 e. The van der Waals surface area contributed by atoms with Crippen molar-refractivity contribution >= 4 is 38.9 Å². The molecule has 8 aromatic rings. The van der Waals surface area contributed by atoms with Crippen LogP contribution in [0.25, 0.3) is 55.7 Å². The predicted octanol–water partition coefficient (Wildman–Crippen LogP) is 9.24. The third kappa shape index (κ3) is 4.19. The van der Waals surface area contributed by atoms with Crippen LogP contribution in [-0.2, 0) is 0 Å². The summed E-state index contributed by atoms with van der Waals surface area (Å²) in [5.41, 5.74) is 11.7. The SMILES string of the molecule is CN1CN(c2cccc(-n3c4ccccc4c4ccc(-n5nc(-c6ccccc6)c(-c6ccccc6)n5)cc43)c2)c2ccccc21. The topological polar surface area (TPSA) is 42.1 Å². The van der Waals surface area contributed by atoms with Crippen molar-refractivity contribution in [1.82, 2.24) is 19.6 Å². The van der Waals surface area contributed by atoms with Gasteiger partial charge in [0.15, 0.2) is 0 Å². The summed E-state index contributed by atoms with van der Waals surface area (Å²) >= 11 is 0. The molecule has 6 nitrogen and oxygen atoms in total. The summed E-state index contributed by atoms with van der Waals surface area (Å²) in [4.78, 5) is 6.45. The molecule has 46 heavy (non-hydrogen) atoms. The molecule has 0 unspecified atom stereocenters. The standard InChI is InChI=1S/C40H30N6/c1-43-27-44(37-22-11-10-21-36(37)43)30-17-12-18-31(25-30)45-35-20-9-8-19-33(35)34-24-23-32(26-38(34)45)46-41-39(28-13-4-2-5-14-28)40(42-46)29-15-6-3-7-16-29/h2-26H,27H2,1H3. The van der Waals surface area contributed by atoms with Crippen molar-refractivity contribution < 1.29 is 0 Å². The normalized spacial score (nSPS) is 12.7. The Balaban J connectivity index is 1.22. The maximum Gasteiger partial charge on any atom is 0.121 e. The van der Waals surface area contributed by atoms with Gasteiger partial charge in [-0.25, -0.2) is 0 Å². The number of nitrogens with zero attached hydrogens (tertiary/aromatic N) is 6. The quantitative estimate of drug-likeness (QED) is 0.199. The van der Waals surface area contributed by atoms with Crippen molar-refractivity contribution in [3.8, 4) is 33.9 Å². The van der Waals surface area contributed by atoms with Gasteiger partial charge in [0.2, 0.25) is 0 Å². The Kier molecular flexibility index (Phi) is 5.99. The van der Waals surface area contributed by atoms with Crippen LogP contribution >= 0.6 is 0 Å². The molecule has 6 aromatic carbocycles. The first-order valence-electron chi connectivity index (χ1n) is 15.5. The van der Waals surface area contributed by atoms with Gasteiger partial charge in [-0.1, -0.05) is 97.1 Å². The van der Waals surface area contributed by atoms with E-state index in [-0.39, 0.29) is 0 Å². The van der Waals surface area contributed by atoms with Gasteiger partial charge in [0, 0.05) is 40.3 Å². The average Bonchev–Trinajstić information content (AvgIpc) is 3.81. The number of aromatic nitrogens is 4. The lowest BCUT2D eigenvalue weighted by atomic mass is 10.1. The molecule has 6 heteroatoms.